The van der Waals surface area contributed by atoms with Crippen molar-refractivity contribution in [1.29, 1.82) is 0 Å². The van der Waals surface area contributed by atoms with E-state index in [1.807, 2.05) is 13.8 Å². The molecule has 0 bridgehead atoms. The average Bonchev–Trinajstić information content (AvgIpc) is 2.42. The lowest BCUT2D eigenvalue weighted by atomic mass is 10.0. The molecule has 0 saturated heterocycles. The van der Waals surface area contributed by atoms with E-state index in [9.17, 15) is 13.2 Å². The lowest BCUT2D eigenvalue weighted by Crippen LogP contribution is -2.35. The highest BCUT2D eigenvalue weighted by atomic mass is 35.5. The van der Waals surface area contributed by atoms with Crippen molar-refractivity contribution in [1.82, 2.24) is 9.29 Å². The number of hydrogen-bond acceptors (Lipinski definition) is 3. The molecule has 0 aromatic carbocycles. The van der Waals surface area contributed by atoms with Crippen LogP contribution in [0, 0.1) is 5.92 Å². The molecule has 0 saturated carbocycles. The molecule has 0 unspecified atom stereocenters. The largest absolute Gasteiger partial charge is 0.326 e. The van der Waals surface area contributed by atoms with Gasteiger partial charge in [0.05, 0.1) is 4.90 Å². The molecule has 0 fully saturated rings. The Morgan fingerprint density at radius 1 is 1.30 bits per heavy atom. The first-order valence-electron chi connectivity index (χ1n) is 6.75. The van der Waals surface area contributed by atoms with E-state index in [0.29, 0.717) is 19.0 Å². The second-order valence-corrected chi connectivity index (χ2v) is 7.00. The van der Waals surface area contributed by atoms with Crippen LogP contribution in [-0.4, -0.2) is 30.8 Å². The predicted octanol–water partition coefficient (Wildman–Crippen LogP) is 2.48. The third-order valence-electron chi connectivity index (χ3n) is 3.44. The Kier molecular flexibility index (Phi) is 6.23. The molecule has 0 aliphatic heterocycles. The van der Waals surface area contributed by atoms with Crippen molar-refractivity contribution in [3.63, 3.8) is 0 Å². The molecule has 5 nitrogen and oxygen atoms in total. The van der Waals surface area contributed by atoms with Crippen LogP contribution in [0.2, 0.25) is 5.02 Å². The van der Waals surface area contributed by atoms with Crippen molar-refractivity contribution >= 4 is 21.6 Å². The molecule has 20 heavy (non-hydrogen) atoms. The number of hydrogen-bond donors (Lipinski definition) is 1. The van der Waals surface area contributed by atoms with Gasteiger partial charge in [-0.3, -0.25) is 4.79 Å². The van der Waals surface area contributed by atoms with Gasteiger partial charge in [-0.25, -0.2) is 8.42 Å². The Labute approximate surface area is 125 Å². The highest BCUT2D eigenvalue weighted by Gasteiger charge is 2.25. The van der Waals surface area contributed by atoms with Crippen LogP contribution in [0.5, 0.6) is 0 Å². The van der Waals surface area contributed by atoms with Gasteiger partial charge in [-0.05, 0) is 12.0 Å². The minimum atomic E-state index is -3.63. The maximum atomic E-state index is 12.5. The van der Waals surface area contributed by atoms with E-state index < -0.39 is 15.6 Å². The summed E-state index contributed by atoms with van der Waals surface area (Å²) in [5.41, 5.74) is -0.492. The first-order chi connectivity index (χ1) is 9.36. The third-order valence-corrected chi connectivity index (χ3v) is 5.64. The molecule has 1 N–H and O–H groups in total. The molecule has 0 amide bonds. The minimum Gasteiger partial charge on any atom is -0.326 e. The maximum Gasteiger partial charge on any atom is 0.266 e. The van der Waals surface area contributed by atoms with E-state index in [1.165, 1.54) is 16.6 Å². The summed E-state index contributed by atoms with van der Waals surface area (Å²) in [6, 6.07) is 1.20. The molecule has 0 radical (unpaired) electrons. The molecular formula is C13H21ClN2O3S. The first-order valence-corrected chi connectivity index (χ1v) is 8.56. The summed E-state index contributed by atoms with van der Waals surface area (Å²) >= 11 is 5.70. The lowest BCUT2D eigenvalue weighted by molar-refractivity contribution is 0.339. The van der Waals surface area contributed by atoms with Gasteiger partial charge in [0.1, 0.15) is 5.02 Å². The number of H-pyrrole nitrogens is 1. The highest BCUT2D eigenvalue weighted by Crippen LogP contribution is 2.19. The molecule has 0 aliphatic carbocycles. The van der Waals surface area contributed by atoms with Crippen molar-refractivity contribution < 1.29 is 8.42 Å². The minimum absolute atomic E-state index is 0.0231. The predicted molar refractivity (Wildman–Crippen MR) is 80.6 cm³/mol. The van der Waals surface area contributed by atoms with Crippen molar-refractivity contribution in [2.75, 3.05) is 13.1 Å². The lowest BCUT2D eigenvalue weighted by Gasteiger charge is -2.24. The molecule has 1 aromatic heterocycles. The Morgan fingerprint density at radius 3 is 2.35 bits per heavy atom. The fourth-order valence-electron chi connectivity index (χ4n) is 1.97. The number of rotatable bonds is 7. The van der Waals surface area contributed by atoms with Crippen LogP contribution in [-0.2, 0) is 10.0 Å². The second kappa shape index (κ2) is 7.24. The average molecular weight is 321 g/mol. The molecule has 0 atom stereocenters. The molecule has 1 heterocycles. The van der Waals surface area contributed by atoms with Gasteiger partial charge in [0.2, 0.25) is 10.0 Å². The van der Waals surface area contributed by atoms with Crippen molar-refractivity contribution in [3.05, 3.63) is 27.6 Å². The zero-order valence-corrected chi connectivity index (χ0v) is 13.6. The van der Waals surface area contributed by atoms with Gasteiger partial charge in [-0.1, -0.05) is 45.2 Å². The Balaban J connectivity index is 3.11. The number of sulfonamides is 1. The fourth-order valence-corrected chi connectivity index (χ4v) is 3.72. The van der Waals surface area contributed by atoms with E-state index in [0.717, 1.165) is 12.8 Å². The molecular weight excluding hydrogens is 300 g/mol. The van der Waals surface area contributed by atoms with Crippen molar-refractivity contribution in [2.45, 2.75) is 38.5 Å². The molecule has 0 aliphatic rings. The number of pyridine rings is 1. The van der Waals surface area contributed by atoms with Gasteiger partial charge in [0, 0.05) is 19.3 Å². The third kappa shape index (κ3) is 3.84. The van der Waals surface area contributed by atoms with Gasteiger partial charge in [0.25, 0.3) is 5.56 Å². The Hall–Kier alpha value is -0.850. The van der Waals surface area contributed by atoms with Gasteiger partial charge < -0.3 is 4.98 Å². The second-order valence-electron chi connectivity index (χ2n) is 4.65. The SMILES string of the molecule is CCC(CC)CN(CC)S(=O)(=O)c1c[nH]c(=O)c(Cl)c1. The molecule has 1 aromatic rings. The summed E-state index contributed by atoms with van der Waals surface area (Å²) in [6.07, 6.45) is 3.04. The van der Waals surface area contributed by atoms with Crippen LogP contribution in [0.25, 0.3) is 0 Å². The van der Waals surface area contributed by atoms with Gasteiger partial charge >= 0.3 is 0 Å². The van der Waals surface area contributed by atoms with E-state index in [2.05, 4.69) is 4.98 Å². The smallest absolute Gasteiger partial charge is 0.266 e. The Morgan fingerprint density at radius 2 is 1.90 bits per heavy atom. The monoisotopic (exact) mass is 320 g/mol. The number of halogens is 1. The number of aromatic nitrogens is 1. The van der Waals surface area contributed by atoms with Crippen LogP contribution in [0.1, 0.15) is 33.6 Å². The summed E-state index contributed by atoms with van der Waals surface area (Å²) < 4.78 is 26.5. The highest BCUT2D eigenvalue weighted by molar-refractivity contribution is 7.89. The van der Waals surface area contributed by atoms with Crippen molar-refractivity contribution in [3.8, 4) is 0 Å². The summed E-state index contributed by atoms with van der Waals surface area (Å²) in [4.78, 5) is 13.6. The Bertz CT molecular complexity index is 594. The van der Waals surface area contributed by atoms with Crippen LogP contribution in [0.3, 0.4) is 0 Å². The first kappa shape index (κ1) is 17.2. The standard InChI is InChI=1S/C13H21ClN2O3S/c1-4-10(5-2)9-16(6-3)20(18,19)11-7-12(14)13(17)15-8-11/h7-8,10H,4-6,9H2,1-3H3,(H,15,17). The number of nitrogens with one attached hydrogen (secondary N) is 1. The van der Waals surface area contributed by atoms with Crippen LogP contribution in [0.15, 0.2) is 22.0 Å². The van der Waals surface area contributed by atoms with Crippen molar-refractivity contribution in [2.24, 2.45) is 5.92 Å². The fraction of sp³-hybridized carbons (Fsp3) is 0.615. The molecule has 1 rings (SSSR count). The normalized spacial score (nSPS) is 12.3. The number of aromatic amines is 1. The van der Waals surface area contributed by atoms with E-state index in [-0.39, 0.29) is 9.92 Å². The summed E-state index contributed by atoms with van der Waals surface area (Å²) in [5, 5.41) is -0.121. The van der Waals surface area contributed by atoms with Crippen LogP contribution in [0.4, 0.5) is 0 Å². The van der Waals surface area contributed by atoms with Gasteiger partial charge in [0.15, 0.2) is 0 Å². The van der Waals surface area contributed by atoms with E-state index >= 15 is 0 Å². The van der Waals surface area contributed by atoms with Crippen LogP contribution >= 0.6 is 11.6 Å². The summed E-state index contributed by atoms with van der Waals surface area (Å²) in [6.45, 7) is 6.75. The van der Waals surface area contributed by atoms with Gasteiger partial charge in [-0.15, -0.1) is 0 Å². The quantitative estimate of drug-likeness (QED) is 0.839. The molecule has 7 heteroatoms. The topological polar surface area (TPSA) is 70.2 Å². The zero-order chi connectivity index (χ0) is 15.3. The van der Waals surface area contributed by atoms with E-state index in [1.54, 1.807) is 6.92 Å². The van der Waals surface area contributed by atoms with Gasteiger partial charge in [-0.2, -0.15) is 4.31 Å². The maximum absolute atomic E-state index is 12.5. The summed E-state index contributed by atoms with van der Waals surface area (Å²) in [5.74, 6) is 0.322. The summed E-state index contributed by atoms with van der Waals surface area (Å²) in [7, 11) is -3.63. The molecule has 114 valence electrons. The molecule has 0 spiro atoms. The zero-order valence-electron chi connectivity index (χ0n) is 12.0. The van der Waals surface area contributed by atoms with E-state index in [4.69, 9.17) is 11.6 Å². The van der Waals surface area contributed by atoms with Crippen LogP contribution < -0.4 is 5.56 Å². The number of nitrogens with zero attached hydrogens (tertiary/aromatic N) is 1.